The van der Waals surface area contributed by atoms with E-state index in [0.29, 0.717) is 0 Å². The Morgan fingerprint density at radius 3 is 2.56 bits per heavy atom. The van der Waals surface area contributed by atoms with Crippen LogP contribution in [0.3, 0.4) is 0 Å². The smallest absolute Gasteiger partial charge is 0.216 e. The first kappa shape index (κ1) is 10.5. The van der Waals surface area contributed by atoms with E-state index in [9.17, 15) is 4.79 Å². The third-order valence-corrected chi connectivity index (χ3v) is 2.50. The van der Waals surface area contributed by atoms with Crippen LogP contribution in [-0.2, 0) is 0 Å². The second-order valence-corrected chi connectivity index (χ2v) is 3.69. The van der Waals surface area contributed by atoms with Crippen LogP contribution in [0.2, 0.25) is 0 Å². The van der Waals surface area contributed by atoms with E-state index in [1.165, 1.54) is 6.92 Å². The lowest BCUT2D eigenvalue weighted by molar-refractivity contribution is 0.100. The second-order valence-electron chi connectivity index (χ2n) is 3.69. The first-order valence-electron chi connectivity index (χ1n) is 5.15. The van der Waals surface area contributed by atoms with Crippen molar-refractivity contribution in [1.82, 2.24) is 14.8 Å². The summed E-state index contributed by atoms with van der Waals surface area (Å²) in [6.45, 7) is 3.49. The van der Waals surface area contributed by atoms with E-state index < -0.39 is 0 Å². The summed E-state index contributed by atoms with van der Waals surface area (Å²) in [7, 11) is 0. The lowest BCUT2D eigenvalue weighted by atomic mass is 10.1. The molecule has 0 radical (unpaired) electrons. The monoisotopic (exact) mass is 215 g/mol. The zero-order valence-electron chi connectivity index (χ0n) is 9.29. The molecule has 1 aromatic heterocycles. The van der Waals surface area contributed by atoms with E-state index >= 15 is 0 Å². The Labute approximate surface area is 93.9 Å². The van der Waals surface area contributed by atoms with E-state index in [0.717, 1.165) is 5.56 Å². The molecule has 0 fully saturated rings. The molecule has 4 nitrogen and oxygen atoms in total. The summed E-state index contributed by atoms with van der Waals surface area (Å²) in [5.41, 5.74) is 1.14. The summed E-state index contributed by atoms with van der Waals surface area (Å²) >= 11 is 0. The lowest BCUT2D eigenvalue weighted by Crippen LogP contribution is -2.08. The summed E-state index contributed by atoms with van der Waals surface area (Å²) in [4.78, 5) is 15.0. The van der Waals surface area contributed by atoms with Gasteiger partial charge < -0.3 is 0 Å². The molecule has 2 aromatic rings. The van der Waals surface area contributed by atoms with Crippen LogP contribution in [-0.4, -0.2) is 20.5 Å². The van der Waals surface area contributed by atoms with Gasteiger partial charge >= 0.3 is 0 Å². The topological polar surface area (TPSA) is 47.8 Å². The molecule has 16 heavy (non-hydrogen) atoms. The van der Waals surface area contributed by atoms with Crippen molar-refractivity contribution >= 4 is 5.78 Å². The van der Waals surface area contributed by atoms with Gasteiger partial charge in [-0.1, -0.05) is 30.3 Å². The van der Waals surface area contributed by atoms with Crippen LogP contribution in [0.15, 0.2) is 36.7 Å². The number of hydrogen-bond donors (Lipinski definition) is 0. The summed E-state index contributed by atoms with van der Waals surface area (Å²) in [5.74, 6) is 0.154. The number of Topliss-reactive ketones (excluding diaryl/α,β-unsaturated/α-hetero) is 1. The Bertz CT molecular complexity index is 490. The molecule has 1 atom stereocenters. The van der Waals surface area contributed by atoms with E-state index in [-0.39, 0.29) is 17.6 Å². The molecule has 0 unspecified atom stereocenters. The Kier molecular flexibility index (Phi) is 2.81. The van der Waals surface area contributed by atoms with Crippen molar-refractivity contribution in [3.63, 3.8) is 0 Å². The average molecular weight is 215 g/mol. The van der Waals surface area contributed by atoms with Crippen LogP contribution >= 0.6 is 0 Å². The van der Waals surface area contributed by atoms with Gasteiger partial charge in [-0.2, -0.15) is 0 Å². The molecule has 0 saturated carbocycles. The normalized spacial score (nSPS) is 12.4. The van der Waals surface area contributed by atoms with Crippen molar-refractivity contribution in [1.29, 1.82) is 0 Å². The van der Waals surface area contributed by atoms with Gasteiger partial charge in [0, 0.05) is 6.92 Å². The highest BCUT2D eigenvalue weighted by molar-refractivity contribution is 5.89. The summed E-state index contributed by atoms with van der Waals surface area (Å²) < 4.78 is 1.70. The molecule has 0 bridgehead atoms. The number of hydrogen-bond acceptors (Lipinski definition) is 3. The molecule has 1 aromatic carbocycles. The number of carbonyl (C=O) groups excluding carboxylic acids is 1. The van der Waals surface area contributed by atoms with Crippen molar-refractivity contribution in [3.05, 3.63) is 48.0 Å². The predicted molar refractivity (Wildman–Crippen MR) is 60.3 cm³/mol. The molecule has 0 saturated heterocycles. The molecule has 0 aliphatic carbocycles. The summed E-state index contributed by atoms with van der Waals surface area (Å²) in [6.07, 6.45) is 1.59. The second kappa shape index (κ2) is 4.26. The maximum Gasteiger partial charge on any atom is 0.216 e. The van der Waals surface area contributed by atoms with E-state index in [4.69, 9.17) is 0 Å². The minimum Gasteiger partial charge on any atom is -0.291 e. The van der Waals surface area contributed by atoms with Gasteiger partial charge in [-0.25, -0.2) is 9.67 Å². The largest absolute Gasteiger partial charge is 0.291 e. The number of ketones is 1. The van der Waals surface area contributed by atoms with Crippen LogP contribution in [0.4, 0.5) is 0 Å². The average Bonchev–Trinajstić information content (AvgIpc) is 2.78. The van der Waals surface area contributed by atoms with Crippen molar-refractivity contribution in [2.45, 2.75) is 19.9 Å². The number of benzene rings is 1. The third kappa shape index (κ3) is 2.00. The summed E-state index contributed by atoms with van der Waals surface area (Å²) in [5, 5.41) is 4.14. The van der Waals surface area contributed by atoms with E-state index in [1.54, 1.807) is 11.0 Å². The minimum atomic E-state index is -0.112. The van der Waals surface area contributed by atoms with Crippen molar-refractivity contribution in [2.75, 3.05) is 0 Å². The van der Waals surface area contributed by atoms with Gasteiger partial charge in [0.2, 0.25) is 5.82 Å². The van der Waals surface area contributed by atoms with E-state index in [1.807, 2.05) is 37.3 Å². The van der Waals surface area contributed by atoms with Gasteiger partial charge in [-0.3, -0.25) is 4.79 Å². The molecule has 0 spiro atoms. The number of aromatic nitrogens is 3. The molecule has 1 heterocycles. The van der Waals surface area contributed by atoms with Crippen LogP contribution in [0.1, 0.15) is 36.1 Å². The molecule has 0 aliphatic heterocycles. The highest BCUT2D eigenvalue weighted by Crippen LogP contribution is 2.15. The molecule has 4 heteroatoms. The van der Waals surface area contributed by atoms with Crippen molar-refractivity contribution < 1.29 is 4.79 Å². The van der Waals surface area contributed by atoms with Gasteiger partial charge in [0.1, 0.15) is 6.33 Å². The van der Waals surface area contributed by atoms with Crippen LogP contribution in [0.5, 0.6) is 0 Å². The maximum atomic E-state index is 11.1. The number of rotatable bonds is 3. The molecule has 82 valence electrons. The predicted octanol–water partition coefficient (Wildman–Crippen LogP) is 2.09. The summed E-state index contributed by atoms with van der Waals surface area (Å²) in [6, 6.07) is 10.1. The SMILES string of the molecule is CC(=O)c1ncn([C@@H](C)c2ccccc2)n1. The van der Waals surface area contributed by atoms with Gasteiger partial charge in [-0.15, -0.1) is 5.10 Å². The zero-order valence-corrected chi connectivity index (χ0v) is 9.29. The fourth-order valence-corrected chi connectivity index (χ4v) is 1.51. The molecule has 2 rings (SSSR count). The minimum absolute atomic E-state index is 0.0850. The molecule has 0 N–H and O–H groups in total. The number of nitrogens with zero attached hydrogens (tertiary/aromatic N) is 3. The molecular formula is C12H13N3O. The van der Waals surface area contributed by atoms with Crippen molar-refractivity contribution in [3.8, 4) is 0 Å². The van der Waals surface area contributed by atoms with Gasteiger partial charge in [-0.05, 0) is 12.5 Å². The van der Waals surface area contributed by atoms with Crippen LogP contribution in [0, 0.1) is 0 Å². The molecular weight excluding hydrogens is 202 g/mol. The maximum absolute atomic E-state index is 11.1. The van der Waals surface area contributed by atoms with Gasteiger partial charge in [0.25, 0.3) is 0 Å². The third-order valence-electron chi connectivity index (χ3n) is 2.50. The Balaban J connectivity index is 2.27. The first-order valence-corrected chi connectivity index (χ1v) is 5.15. The standard InChI is InChI=1S/C12H13N3O/c1-9(11-6-4-3-5-7-11)15-8-13-12(14-15)10(2)16/h3-9H,1-2H3/t9-/m0/s1. The Morgan fingerprint density at radius 2 is 2.00 bits per heavy atom. The molecule has 0 aliphatic rings. The highest BCUT2D eigenvalue weighted by atomic mass is 16.1. The van der Waals surface area contributed by atoms with Crippen molar-refractivity contribution in [2.24, 2.45) is 0 Å². The fourth-order valence-electron chi connectivity index (χ4n) is 1.51. The lowest BCUT2D eigenvalue weighted by Gasteiger charge is -2.10. The van der Waals surface area contributed by atoms with Crippen LogP contribution in [0.25, 0.3) is 0 Å². The quantitative estimate of drug-likeness (QED) is 0.736. The van der Waals surface area contributed by atoms with E-state index in [2.05, 4.69) is 10.1 Å². The van der Waals surface area contributed by atoms with Crippen LogP contribution < -0.4 is 0 Å². The van der Waals surface area contributed by atoms with Gasteiger partial charge in [0.05, 0.1) is 6.04 Å². The molecule has 0 amide bonds. The highest BCUT2D eigenvalue weighted by Gasteiger charge is 2.11. The zero-order chi connectivity index (χ0) is 11.5. The number of carbonyl (C=O) groups is 1. The first-order chi connectivity index (χ1) is 7.68. The fraction of sp³-hybridized carbons (Fsp3) is 0.250. The Hall–Kier alpha value is -1.97. The Morgan fingerprint density at radius 1 is 1.31 bits per heavy atom. The van der Waals surface area contributed by atoms with Gasteiger partial charge in [0.15, 0.2) is 5.78 Å².